The van der Waals surface area contributed by atoms with Gasteiger partial charge >= 0.3 is 0 Å². The van der Waals surface area contributed by atoms with Crippen LogP contribution in [0.5, 0.6) is 0 Å². The van der Waals surface area contributed by atoms with Gasteiger partial charge in [0.1, 0.15) is 17.5 Å². The number of hydrogen-bond acceptors (Lipinski definition) is 5. The molecular weight excluding hydrogens is 326 g/mol. The van der Waals surface area contributed by atoms with Gasteiger partial charge in [-0.15, -0.1) is 0 Å². The van der Waals surface area contributed by atoms with Gasteiger partial charge in [0, 0.05) is 43.0 Å². The van der Waals surface area contributed by atoms with Crippen LogP contribution in [0, 0.1) is 13.8 Å². The molecule has 1 amide bonds. The summed E-state index contributed by atoms with van der Waals surface area (Å²) in [6.45, 7) is 6.86. The quantitative estimate of drug-likeness (QED) is 0.863. The van der Waals surface area contributed by atoms with Crippen molar-refractivity contribution in [1.82, 2.24) is 14.9 Å². The van der Waals surface area contributed by atoms with E-state index in [9.17, 15) is 4.79 Å². The van der Waals surface area contributed by atoms with E-state index < -0.39 is 0 Å². The number of hydrogen-bond donors (Lipinski definition) is 1. The second-order valence-corrected chi connectivity index (χ2v) is 6.31. The third kappa shape index (κ3) is 3.76. The summed E-state index contributed by atoms with van der Waals surface area (Å²) in [6.07, 6.45) is 0.900. The first-order valence-corrected chi connectivity index (χ1v) is 8.26. The molecule has 2 aromatic rings. The van der Waals surface area contributed by atoms with Crippen molar-refractivity contribution in [2.75, 3.05) is 36.4 Å². The van der Waals surface area contributed by atoms with Crippen LogP contribution in [0.1, 0.15) is 11.4 Å². The molecule has 24 heavy (non-hydrogen) atoms. The van der Waals surface area contributed by atoms with Crippen LogP contribution in [-0.2, 0) is 4.79 Å². The van der Waals surface area contributed by atoms with Crippen molar-refractivity contribution < 1.29 is 4.79 Å². The highest BCUT2D eigenvalue weighted by atomic mass is 35.5. The second kappa shape index (κ2) is 7.05. The van der Waals surface area contributed by atoms with E-state index >= 15 is 0 Å². The van der Waals surface area contributed by atoms with Gasteiger partial charge in [-0.2, -0.15) is 0 Å². The standard InChI is InChI=1S/C17H20ClN5O/c1-12-3-4-14(18)9-15(12)21-16-10-17(20-13(2)19-16)23-7-5-22(11-24)6-8-23/h3-4,9-11H,5-8H2,1-2H3,(H,19,20,21). The number of nitrogens with one attached hydrogen (secondary N) is 1. The molecule has 6 nitrogen and oxygen atoms in total. The number of amides is 1. The molecule has 0 spiro atoms. The van der Waals surface area contributed by atoms with Crippen molar-refractivity contribution in [3.8, 4) is 0 Å². The average Bonchev–Trinajstić information content (AvgIpc) is 2.58. The number of aryl methyl sites for hydroxylation is 2. The molecule has 1 saturated heterocycles. The van der Waals surface area contributed by atoms with E-state index in [-0.39, 0.29) is 0 Å². The van der Waals surface area contributed by atoms with Crippen LogP contribution in [-0.4, -0.2) is 47.5 Å². The lowest BCUT2D eigenvalue weighted by Gasteiger charge is -2.33. The first-order chi connectivity index (χ1) is 11.5. The number of rotatable bonds is 4. The van der Waals surface area contributed by atoms with Gasteiger partial charge in [-0.05, 0) is 31.5 Å². The zero-order chi connectivity index (χ0) is 17.1. The Labute approximate surface area is 146 Å². The maximum Gasteiger partial charge on any atom is 0.209 e. The van der Waals surface area contributed by atoms with Crippen molar-refractivity contribution in [2.45, 2.75) is 13.8 Å². The van der Waals surface area contributed by atoms with Gasteiger partial charge in [0.05, 0.1) is 0 Å². The highest BCUT2D eigenvalue weighted by Crippen LogP contribution is 2.25. The lowest BCUT2D eigenvalue weighted by Crippen LogP contribution is -2.46. The van der Waals surface area contributed by atoms with Gasteiger partial charge in [0.25, 0.3) is 0 Å². The van der Waals surface area contributed by atoms with Crippen LogP contribution in [0.2, 0.25) is 5.02 Å². The van der Waals surface area contributed by atoms with Crippen LogP contribution in [0.4, 0.5) is 17.3 Å². The molecule has 1 aliphatic rings. The van der Waals surface area contributed by atoms with Gasteiger partial charge in [0.15, 0.2) is 0 Å². The zero-order valence-electron chi connectivity index (χ0n) is 13.8. The van der Waals surface area contributed by atoms with Crippen molar-refractivity contribution in [3.05, 3.63) is 40.7 Å². The summed E-state index contributed by atoms with van der Waals surface area (Å²) in [5.74, 6) is 2.31. The minimum absolute atomic E-state index is 0.680. The summed E-state index contributed by atoms with van der Waals surface area (Å²) in [5, 5.41) is 4.00. The smallest absolute Gasteiger partial charge is 0.209 e. The summed E-state index contributed by atoms with van der Waals surface area (Å²) >= 11 is 6.08. The number of anilines is 3. The Bertz CT molecular complexity index is 744. The largest absolute Gasteiger partial charge is 0.353 e. The van der Waals surface area contributed by atoms with Crippen LogP contribution in [0.25, 0.3) is 0 Å². The van der Waals surface area contributed by atoms with Gasteiger partial charge in [0.2, 0.25) is 6.41 Å². The van der Waals surface area contributed by atoms with E-state index in [1.54, 1.807) is 4.90 Å². The lowest BCUT2D eigenvalue weighted by molar-refractivity contribution is -0.118. The first-order valence-electron chi connectivity index (χ1n) is 7.88. The molecule has 126 valence electrons. The summed E-state index contributed by atoms with van der Waals surface area (Å²) in [4.78, 5) is 23.8. The highest BCUT2D eigenvalue weighted by Gasteiger charge is 2.18. The van der Waals surface area contributed by atoms with E-state index in [2.05, 4.69) is 20.2 Å². The van der Waals surface area contributed by atoms with Crippen LogP contribution < -0.4 is 10.2 Å². The third-order valence-electron chi connectivity index (χ3n) is 4.07. The number of piperazine rings is 1. The molecule has 2 heterocycles. The molecule has 7 heteroatoms. The number of halogens is 1. The SMILES string of the molecule is Cc1nc(Nc2cc(Cl)ccc2C)cc(N2CCN(C=O)CC2)n1. The Morgan fingerprint density at radius 3 is 2.58 bits per heavy atom. The molecule has 0 aliphatic carbocycles. The van der Waals surface area contributed by atoms with E-state index in [1.165, 1.54) is 0 Å². The predicted octanol–water partition coefficient (Wildman–Crippen LogP) is 2.77. The maximum absolute atomic E-state index is 10.8. The molecule has 3 rings (SSSR count). The normalized spacial score (nSPS) is 14.6. The van der Waals surface area contributed by atoms with E-state index in [4.69, 9.17) is 11.6 Å². The van der Waals surface area contributed by atoms with Gasteiger partial charge in [-0.1, -0.05) is 17.7 Å². The minimum atomic E-state index is 0.680. The van der Waals surface area contributed by atoms with Crippen molar-refractivity contribution in [2.24, 2.45) is 0 Å². The van der Waals surface area contributed by atoms with Gasteiger partial charge < -0.3 is 15.1 Å². The second-order valence-electron chi connectivity index (χ2n) is 5.87. The van der Waals surface area contributed by atoms with E-state index in [0.29, 0.717) is 23.9 Å². The summed E-state index contributed by atoms with van der Waals surface area (Å²) < 4.78 is 0. The molecule has 1 aromatic carbocycles. The molecule has 0 atom stereocenters. The number of benzene rings is 1. The van der Waals surface area contributed by atoms with Crippen molar-refractivity contribution in [1.29, 1.82) is 0 Å². The highest BCUT2D eigenvalue weighted by molar-refractivity contribution is 6.30. The molecular formula is C17H20ClN5O. The maximum atomic E-state index is 10.8. The summed E-state index contributed by atoms with van der Waals surface area (Å²) in [5.41, 5.74) is 2.02. The van der Waals surface area contributed by atoms with Crippen LogP contribution >= 0.6 is 11.6 Å². The fourth-order valence-electron chi connectivity index (χ4n) is 2.70. The van der Waals surface area contributed by atoms with Crippen molar-refractivity contribution in [3.63, 3.8) is 0 Å². The molecule has 1 fully saturated rings. The van der Waals surface area contributed by atoms with Gasteiger partial charge in [-0.25, -0.2) is 9.97 Å². The fraction of sp³-hybridized carbons (Fsp3) is 0.353. The number of carbonyl (C=O) groups is 1. The molecule has 0 unspecified atom stereocenters. The Morgan fingerprint density at radius 2 is 1.88 bits per heavy atom. The summed E-state index contributed by atoms with van der Waals surface area (Å²) in [6, 6.07) is 7.66. The molecule has 0 saturated carbocycles. The van der Waals surface area contributed by atoms with Crippen LogP contribution in [0.15, 0.2) is 24.3 Å². The van der Waals surface area contributed by atoms with Crippen LogP contribution in [0.3, 0.4) is 0 Å². The Morgan fingerprint density at radius 1 is 1.12 bits per heavy atom. The van der Waals surface area contributed by atoms with E-state index in [0.717, 1.165) is 42.4 Å². The minimum Gasteiger partial charge on any atom is -0.353 e. The monoisotopic (exact) mass is 345 g/mol. The first kappa shape index (κ1) is 16.5. The Balaban J connectivity index is 1.81. The third-order valence-corrected chi connectivity index (χ3v) is 4.31. The predicted molar refractivity (Wildman–Crippen MR) is 96.1 cm³/mol. The molecule has 0 bridgehead atoms. The Hall–Kier alpha value is -2.34. The summed E-state index contributed by atoms with van der Waals surface area (Å²) in [7, 11) is 0. The fourth-order valence-corrected chi connectivity index (χ4v) is 2.87. The molecule has 1 aliphatic heterocycles. The average molecular weight is 346 g/mol. The Kier molecular flexibility index (Phi) is 4.85. The zero-order valence-corrected chi connectivity index (χ0v) is 14.5. The lowest BCUT2D eigenvalue weighted by atomic mass is 10.2. The molecule has 1 N–H and O–H groups in total. The number of aromatic nitrogens is 2. The number of carbonyl (C=O) groups excluding carboxylic acids is 1. The van der Waals surface area contributed by atoms with Crippen molar-refractivity contribution >= 4 is 35.3 Å². The number of nitrogens with zero attached hydrogens (tertiary/aromatic N) is 4. The molecule has 0 radical (unpaired) electrons. The molecule has 1 aromatic heterocycles. The van der Waals surface area contributed by atoms with E-state index in [1.807, 2.05) is 38.1 Å². The van der Waals surface area contributed by atoms with Gasteiger partial charge in [-0.3, -0.25) is 4.79 Å². The topological polar surface area (TPSA) is 61.4 Å².